The number of nitrogens with zero attached hydrogens (tertiary/aromatic N) is 4. The molecule has 0 radical (unpaired) electrons. The molecule has 0 saturated carbocycles. The van der Waals surface area contributed by atoms with Crippen molar-refractivity contribution in [1.29, 1.82) is 0 Å². The minimum Gasteiger partial charge on any atom is -0.315 e. The Hall–Kier alpha value is -1.58. The fraction of sp³-hybridized carbons (Fsp3) is 0.500. The maximum absolute atomic E-state index is 11.8. The molecule has 0 bridgehead atoms. The molecule has 1 N–H and O–H groups in total. The van der Waals surface area contributed by atoms with Gasteiger partial charge < -0.3 is 5.32 Å². The predicted octanol–water partition coefficient (Wildman–Crippen LogP) is 2.12. The summed E-state index contributed by atoms with van der Waals surface area (Å²) >= 11 is 1.47. The van der Waals surface area contributed by atoms with Crippen molar-refractivity contribution in [3.63, 3.8) is 0 Å². The van der Waals surface area contributed by atoms with Crippen LogP contribution in [-0.2, 0) is 10.0 Å². The number of anilines is 2. The maximum Gasteiger partial charge on any atom is 0.211 e. The van der Waals surface area contributed by atoms with Crippen LogP contribution in [0.15, 0.2) is 18.2 Å². The molecule has 0 aliphatic carbocycles. The fourth-order valence-electron chi connectivity index (χ4n) is 2.69. The van der Waals surface area contributed by atoms with Gasteiger partial charge in [-0.1, -0.05) is 17.4 Å². The smallest absolute Gasteiger partial charge is 0.211 e. The third kappa shape index (κ3) is 4.04. The van der Waals surface area contributed by atoms with Crippen molar-refractivity contribution in [2.24, 2.45) is 0 Å². The molecule has 124 valence electrons. The number of nitrogens with one attached hydrogen (secondary N) is 1. The van der Waals surface area contributed by atoms with Crippen LogP contribution in [0.25, 0.3) is 0 Å². The molecule has 23 heavy (non-hydrogen) atoms. The van der Waals surface area contributed by atoms with Crippen LogP contribution in [0, 0.1) is 6.92 Å². The molecule has 3 rings (SSSR count). The number of piperidine rings is 1. The summed E-state index contributed by atoms with van der Waals surface area (Å²) in [6, 6.07) is 5.75. The summed E-state index contributed by atoms with van der Waals surface area (Å²) in [5, 5.41) is 12.7. The summed E-state index contributed by atoms with van der Waals surface area (Å²) in [5.74, 6) is 0.825. The zero-order valence-corrected chi connectivity index (χ0v) is 14.7. The summed E-state index contributed by atoms with van der Waals surface area (Å²) in [5.41, 5.74) is 0.907. The van der Waals surface area contributed by atoms with Gasteiger partial charge >= 0.3 is 0 Å². The molecule has 0 amide bonds. The highest BCUT2D eigenvalue weighted by atomic mass is 32.2. The van der Waals surface area contributed by atoms with Gasteiger partial charge in [0.1, 0.15) is 10.8 Å². The van der Waals surface area contributed by atoms with E-state index in [1.54, 1.807) is 0 Å². The van der Waals surface area contributed by atoms with Gasteiger partial charge in [-0.3, -0.25) is 0 Å². The average Bonchev–Trinajstić information content (AvgIpc) is 2.92. The Balaban J connectivity index is 1.76. The van der Waals surface area contributed by atoms with Crippen LogP contribution in [0.1, 0.15) is 29.5 Å². The lowest BCUT2D eigenvalue weighted by atomic mass is 9.96. The summed E-state index contributed by atoms with van der Waals surface area (Å²) in [6.45, 7) is 2.99. The largest absolute Gasteiger partial charge is 0.315 e. The second kappa shape index (κ2) is 6.50. The molecule has 0 aromatic carbocycles. The number of hydrogen-bond acceptors (Lipinski definition) is 7. The van der Waals surface area contributed by atoms with Crippen molar-refractivity contribution < 1.29 is 8.42 Å². The van der Waals surface area contributed by atoms with Gasteiger partial charge in [0.05, 0.1) is 6.26 Å². The lowest BCUT2D eigenvalue weighted by molar-refractivity contribution is 0.314. The van der Waals surface area contributed by atoms with Crippen molar-refractivity contribution in [2.75, 3.05) is 24.7 Å². The predicted molar refractivity (Wildman–Crippen MR) is 90.6 cm³/mol. The van der Waals surface area contributed by atoms with E-state index in [0.29, 0.717) is 24.0 Å². The number of aromatic nitrogens is 3. The molecular weight excluding hydrogens is 334 g/mol. The van der Waals surface area contributed by atoms with Crippen molar-refractivity contribution in [3.8, 4) is 0 Å². The van der Waals surface area contributed by atoms with E-state index in [-0.39, 0.29) is 5.92 Å². The summed E-state index contributed by atoms with van der Waals surface area (Å²) in [4.78, 5) is 4.62. The third-order valence-corrected chi connectivity index (χ3v) is 5.83. The number of sulfonamides is 1. The van der Waals surface area contributed by atoms with Crippen LogP contribution >= 0.6 is 11.3 Å². The highest BCUT2D eigenvalue weighted by Crippen LogP contribution is 2.28. The van der Waals surface area contributed by atoms with E-state index in [4.69, 9.17) is 0 Å². The first-order valence-electron chi connectivity index (χ1n) is 7.41. The Morgan fingerprint density at radius 1 is 1.35 bits per heavy atom. The third-order valence-electron chi connectivity index (χ3n) is 3.80. The van der Waals surface area contributed by atoms with Crippen LogP contribution in [0.4, 0.5) is 10.9 Å². The van der Waals surface area contributed by atoms with Crippen LogP contribution in [-0.4, -0.2) is 47.2 Å². The monoisotopic (exact) mass is 353 g/mol. The lowest BCUT2D eigenvalue weighted by Crippen LogP contribution is -2.38. The Morgan fingerprint density at radius 2 is 2.17 bits per heavy atom. The average molecular weight is 353 g/mol. The van der Waals surface area contributed by atoms with E-state index in [1.165, 1.54) is 21.9 Å². The van der Waals surface area contributed by atoms with Gasteiger partial charge in [-0.2, -0.15) is 0 Å². The van der Waals surface area contributed by atoms with Gasteiger partial charge in [0.25, 0.3) is 0 Å². The zero-order valence-electron chi connectivity index (χ0n) is 13.1. The standard InChI is InChI=1S/C14H19N5O2S2/c1-10-17-18-14(22-10)16-13-7-3-6-12(15-13)11-5-4-8-19(9-11)23(2,20)21/h3,6-7,11H,4-5,8-9H2,1-2H3,(H,15,16,18). The van der Waals surface area contributed by atoms with Crippen molar-refractivity contribution >= 4 is 32.3 Å². The van der Waals surface area contributed by atoms with Crippen LogP contribution < -0.4 is 5.32 Å². The van der Waals surface area contributed by atoms with Crippen LogP contribution in [0.2, 0.25) is 0 Å². The van der Waals surface area contributed by atoms with Crippen LogP contribution in [0.3, 0.4) is 0 Å². The number of rotatable bonds is 4. The minimum absolute atomic E-state index is 0.122. The maximum atomic E-state index is 11.8. The van der Waals surface area contributed by atoms with E-state index >= 15 is 0 Å². The number of pyridine rings is 1. The molecule has 3 heterocycles. The van der Waals surface area contributed by atoms with Gasteiger partial charge in [-0.25, -0.2) is 17.7 Å². The molecule has 2 aromatic rings. The molecular formula is C14H19N5O2S2. The van der Waals surface area contributed by atoms with E-state index in [1.807, 2.05) is 25.1 Å². The highest BCUT2D eigenvalue weighted by Gasteiger charge is 2.27. The second-order valence-electron chi connectivity index (χ2n) is 5.66. The number of aryl methyl sites for hydroxylation is 1. The van der Waals surface area contributed by atoms with E-state index in [9.17, 15) is 8.42 Å². The normalized spacial score (nSPS) is 19.7. The van der Waals surface area contributed by atoms with E-state index < -0.39 is 10.0 Å². The molecule has 1 aliphatic rings. The zero-order chi connectivity index (χ0) is 16.4. The molecule has 1 unspecified atom stereocenters. The quantitative estimate of drug-likeness (QED) is 0.906. The lowest BCUT2D eigenvalue weighted by Gasteiger charge is -2.30. The molecule has 0 spiro atoms. The summed E-state index contributed by atoms with van der Waals surface area (Å²) < 4.78 is 25.0. The van der Waals surface area contributed by atoms with Crippen molar-refractivity contribution in [3.05, 3.63) is 28.9 Å². The first-order valence-corrected chi connectivity index (χ1v) is 10.1. The highest BCUT2D eigenvalue weighted by molar-refractivity contribution is 7.88. The molecule has 1 aliphatic heterocycles. The molecule has 1 fully saturated rings. The Labute approximate surface area is 139 Å². The Kier molecular flexibility index (Phi) is 4.60. The van der Waals surface area contributed by atoms with Crippen LogP contribution in [0.5, 0.6) is 0 Å². The molecule has 1 saturated heterocycles. The molecule has 9 heteroatoms. The van der Waals surface area contributed by atoms with Crippen molar-refractivity contribution in [2.45, 2.75) is 25.7 Å². The fourth-order valence-corrected chi connectivity index (χ4v) is 4.20. The first-order chi connectivity index (χ1) is 10.9. The van der Waals surface area contributed by atoms with E-state index in [0.717, 1.165) is 23.5 Å². The number of hydrogen-bond donors (Lipinski definition) is 1. The Bertz CT molecular complexity index is 790. The van der Waals surface area contributed by atoms with Gasteiger partial charge in [-0.15, -0.1) is 10.2 Å². The Morgan fingerprint density at radius 3 is 2.87 bits per heavy atom. The van der Waals surface area contributed by atoms with Gasteiger partial charge in [0.15, 0.2) is 0 Å². The SMILES string of the molecule is Cc1nnc(Nc2cccc(C3CCCN(S(C)(=O)=O)C3)n2)s1. The molecule has 2 aromatic heterocycles. The molecule has 1 atom stereocenters. The topological polar surface area (TPSA) is 88.1 Å². The van der Waals surface area contributed by atoms with Gasteiger partial charge in [-0.05, 0) is 31.9 Å². The second-order valence-corrected chi connectivity index (χ2v) is 8.82. The minimum atomic E-state index is -3.15. The van der Waals surface area contributed by atoms with Crippen molar-refractivity contribution in [1.82, 2.24) is 19.5 Å². The first kappa shape index (κ1) is 16.3. The van der Waals surface area contributed by atoms with Gasteiger partial charge in [0.2, 0.25) is 15.2 Å². The van der Waals surface area contributed by atoms with Gasteiger partial charge in [0, 0.05) is 24.7 Å². The molecule has 7 nitrogen and oxygen atoms in total. The summed E-state index contributed by atoms with van der Waals surface area (Å²) in [7, 11) is -3.15. The van der Waals surface area contributed by atoms with E-state index in [2.05, 4.69) is 20.5 Å². The summed E-state index contributed by atoms with van der Waals surface area (Å²) in [6.07, 6.45) is 3.06.